The van der Waals surface area contributed by atoms with E-state index in [4.69, 9.17) is 0 Å². The van der Waals surface area contributed by atoms with E-state index in [1.165, 1.54) is 16.3 Å². The van der Waals surface area contributed by atoms with Crippen LogP contribution in [0.4, 0.5) is 0 Å². The average Bonchev–Trinajstić information content (AvgIpc) is 2.17. The molecule has 1 atom stereocenters. The van der Waals surface area contributed by atoms with Crippen LogP contribution in [0.25, 0.3) is 10.8 Å². The lowest BCUT2D eigenvalue weighted by atomic mass is 10.0. The van der Waals surface area contributed by atoms with Gasteiger partial charge in [-0.15, -0.1) is 0 Å². The highest BCUT2D eigenvalue weighted by molar-refractivity contribution is 6.13. The molecule has 0 aliphatic carbocycles. The fraction of sp³-hybridized carbons (Fsp3) is 0.167. The molecule has 3 radical (unpaired) electrons. The van der Waals surface area contributed by atoms with Crippen molar-refractivity contribution >= 4 is 21.0 Å². The number of rotatable bonds is 1. The third-order valence-electron chi connectivity index (χ3n) is 2.29. The Morgan fingerprint density at radius 3 is 2.46 bits per heavy atom. The van der Waals surface area contributed by atoms with Gasteiger partial charge in [0.25, 0.3) is 0 Å². The fourth-order valence-electron chi connectivity index (χ4n) is 1.63. The maximum absolute atomic E-state index is 3.65. The Balaban J connectivity index is 2.76. The summed E-state index contributed by atoms with van der Waals surface area (Å²) in [5.41, 5.74) is 1.76. The van der Waals surface area contributed by atoms with Gasteiger partial charge in [-0.3, -0.25) is 0 Å². The van der Waals surface area contributed by atoms with Crippen LogP contribution in [0, 0.1) is 0 Å². The molecule has 0 fully saturated rings. The van der Waals surface area contributed by atoms with Crippen LogP contribution in [-0.2, 0) is 0 Å². The molecule has 1 unspecified atom stereocenters. The van der Waals surface area contributed by atoms with E-state index in [9.17, 15) is 0 Å². The molecular formula is C12H11Si. The Morgan fingerprint density at radius 1 is 1.00 bits per heavy atom. The number of fused-ring (bicyclic) bond motifs is 1. The van der Waals surface area contributed by atoms with E-state index >= 15 is 0 Å². The van der Waals surface area contributed by atoms with Crippen LogP contribution in [0.1, 0.15) is 18.0 Å². The Hall–Kier alpha value is -1.08. The van der Waals surface area contributed by atoms with E-state index in [1.54, 1.807) is 0 Å². The highest BCUT2D eigenvalue weighted by Gasteiger charge is 2.02. The summed E-state index contributed by atoms with van der Waals surface area (Å²) in [7, 11) is 3.65. The van der Waals surface area contributed by atoms with Crippen molar-refractivity contribution < 1.29 is 0 Å². The van der Waals surface area contributed by atoms with Gasteiger partial charge in [-0.1, -0.05) is 49.4 Å². The molecule has 63 valence electrons. The van der Waals surface area contributed by atoms with Gasteiger partial charge in [0, 0.05) is 10.2 Å². The summed E-state index contributed by atoms with van der Waals surface area (Å²) in [6, 6.07) is 14.9. The van der Waals surface area contributed by atoms with Crippen LogP contribution in [0.15, 0.2) is 42.5 Å². The van der Waals surface area contributed by atoms with E-state index in [1.807, 2.05) is 0 Å². The monoisotopic (exact) mass is 183 g/mol. The zero-order valence-corrected chi connectivity index (χ0v) is 8.62. The van der Waals surface area contributed by atoms with Gasteiger partial charge in [-0.2, -0.15) is 0 Å². The third kappa shape index (κ3) is 1.52. The van der Waals surface area contributed by atoms with E-state index in [0.29, 0.717) is 5.54 Å². The lowest BCUT2D eigenvalue weighted by Crippen LogP contribution is -1.92. The van der Waals surface area contributed by atoms with E-state index in [2.05, 4.69) is 59.6 Å². The third-order valence-corrected chi connectivity index (χ3v) is 2.60. The SMILES string of the molecule is CC([Si])c1cccc2ccccc12. The molecule has 0 spiro atoms. The molecule has 0 aliphatic heterocycles. The summed E-state index contributed by atoms with van der Waals surface area (Å²) in [5.74, 6) is 0. The van der Waals surface area contributed by atoms with Crippen molar-refractivity contribution in [3.63, 3.8) is 0 Å². The van der Waals surface area contributed by atoms with Crippen molar-refractivity contribution in [3.05, 3.63) is 48.0 Å². The lowest BCUT2D eigenvalue weighted by Gasteiger charge is -2.08. The highest BCUT2D eigenvalue weighted by Crippen LogP contribution is 2.23. The van der Waals surface area contributed by atoms with Crippen LogP contribution in [0.3, 0.4) is 0 Å². The van der Waals surface area contributed by atoms with Crippen LogP contribution in [-0.4, -0.2) is 10.2 Å². The smallest absolute Gasteiger partial charge is 0.0327 e. The average molecular weight is 183 g/mol. The van der Waals surface area contributed by atoms with Gasteiger partial charge in [0.05, 0.1) is 0 Å². The predicted molar refractivity (Wildman–Crippen MR) is 58.1 cm³/mol. The molecule has 0 amide bonds. The maximum atomic E-state index is 3.65. The zero-order chi connectivity index (χ0) is 9.26. The molecule has 0 saturated heterocycles. The molecule has 0 aliphatic rings. The number of benzene rings is 2. The summed E-state index contributed by atoms with van der Waals surface area (Å²) >= 11 is 0. The largest absolute Gasteiger partial charge is 0.0616 e. The van der Waals surface area contributed by atoms with Crippen molar-refractivity contribution in [2.75, 3.05) is 0 Å². The molecule has 2 aromatic carbocycles. The molecule has 13 heavy (non-hydrogen) atoms. The Kier molecular flexibility index (Phi) is 2.19. The van der Waals surface area contributed by atoms with Gasteiger partial charge >= 0.3 is 0 Å². The van der Waals surface area contributed by atoms with Crippen LogP contribution >= 0.6 is 0 Å². The normalized spacial score (nSPS) is 13.1. The molecule has 0 saturated carbocycles. The minimum absolute atomic E-state index is 0.408. The van der Waals surface area contributed by atoms with Crippen LogP contribution < -0.4 is 0 Å². The van der Waals surface area contributed by atoms with Gasteiger partial charge in [0.2, 0.25) is 0 Å². The lowest BCUT2D eigenvalue weighted by molar-refractivity contribution is 1.10. The standard InChI is InChI=1S/C12H11Si/c1-9(13)11-8-4-6-10-5-2-3-7-12(10)11/h2-9H,1H3. The van der Waals surface area contributed by atoms with Crippen molar-refractivity contribution in [1.29, 1.82) is 0 Å². The molecule has 1 heteroatoms. The van der Waals surface area contributed by atoms with E-state index < -0.39 is 0 Å². The summed E-state index contributed by atoms with van der Waals surface area (Å²) < 4.78 is 0. The Labute approximate surface area is 82.0 Å². The maximum Gasteiger partial charge on any atom is 0.0327 e. The van der Waals surface area contributed by atoms with Crippen LogP contribution in [0.5, 0.6) is 0 Å². The number of hydrogen-bond acceptors (Lipinski definition) is 0. The second kappa shape index (κ2) is 3.34. The molecule has 2 aromatic rings. The first kappa shape index (κ1) is 8.51. The molecule has 2 rings (SSSR count). The predicted octanol–water partition coefficient (Wildman–Crippen LogP) is 3.07. The molecule has 0 bridgehead atoms. The number of hydrogen-bond donors (Lipinski definition) is 0. The molecule has 0 nitrogen and oxygen atoms in total. The summed E-state index contributed by atoms with van der Waals surface area (Å²) in [4.78, 5) is 0. The van der Waals surface area contributed by atoms with E-state index in [0.717, 1.165) is 0 Å². The van der Waals surface area contributed by atoms with Crippen molar-refractivity contribution in [2.45, 2.75) is 12.5 Å². The first-order chi connectivity index (χ1) is 6.29. The van der Waals surface area contributed by atoms with Gasteiger partial charge in [0.1, 0.15) is 0 Å². The topological polar surface area (TPSA) is 0 Å². The van der Waals surface area contributed by atoms with Crippen molar-refractivity contribution in [1.82, 2.24) is 0 Å². The van der Waals surface area contributed by atoms with Gasteiger partial charge < -0.3 is 0 Å². The minimum Gasteiger partial charge on any atom is -0.0616 e. The van der Waals surface area contributed by atoms with Gasteiger partial charge in [0.15, 0.2) is 0 Å². The molecule has 0 aromatic heterocycles. The van der Waals surface area contributed by atoms with E-state index in [-0.39, 0.29) is 0 Å². The zero-order valence-electron chi connectivity index (χ0n) is 7.62. The first-order valence-electron chi connectivity index (χ1n) is 4.48. The fourth-order valence-corrected chi connectivity index (χ4v) is 1.88. The van der Waals surface area contributed by atoms with Crippen LogP contribution in [0.2, 0.25) is 0 Å². The second-order valence-electron chi connectivity index (χ2n) is 3.29. The van der Waals surface area contributed by atoms with Gasteiger partial charge in [-0.25, -0.2) is 0 Å². The molecular weight excluding hydrogens is 172 g/mol. The Bertz CT molecular complexity index is 413. The Morgan fingerprint density at radius 2 is 1.69 bits per heavy atom. The summed E-state index contributed by atoms with van der Waals surface area (Å²) in [5, 5.41) is 2.65. The summed E-state index contributed by atoms with van der Waals surface area (Å²) in [6.45, 7) is 2.15. The first-order valence-corrected chi connectivity index (χ1v) is 5.05. The van der Waals surface area contributed by atoms with Crippen molar-refractivity contribution in [2.24, 2.45) is 0 Å². The molecule has 0 N–H and O–H groups in total. The van der Waals surface area contributed by atoms with Crippen molar-refractivity contribution in [3.8, 4) is 0 Å². The minimum atomic E-state index is 0.408. The van der Waals surface area contributed by atoms with Gasteiger partial charge in [-0.05, 0) is 21.9 Å². The second-order valence-corrected chi connectivity index (χ2v) is 4.16. The highest BCUT2D eigenvalue weighted by atomic mass is 28.1. The summed E-state index contributed by atoms with van der Waals surface area (Å²) in [6.07, 6.45) is 0. The quantitative estimate of drug-likeness (QED) is 0.596. The molecule has 0 heterocycles.